The van der Waals surface area contributed by atoms with E-state index in [9.17, 15) is 19.8 Å². The van der Waals surface area contributed by atoms with Gasteiger partial charge in [-0.3, -0.25) is 19.4 Å². The van der Waals surface area contributed by atoms with Crippen molar-refractivity contribution in [2.45, 2.75) is 104 Å². The van der Waals surface area contributed by atoms with E-state index < -0.39 is 24.2 Å². The van der Waals surface area contributed by atoms with E-state index in [4.69, 9.17) is 4.74 Å². The van der Waals surface area contributed by atoms with E-state index in [0.717, 1.165) is 67.1 Å². The third kappa shape index (κ3) is 7.59. The van der Waals surface area contributed by atoms with Crippen LogP contribution in [0.15, 0.2) is 36.4 Å². The number of aliphatic hydroxyl groups is 2. The van der Waals surface area contributed by atoms with Crippen LogP contribution in [0.25, 0.3) is 11.1 Å². The number of anilines is 1. The van der Waals surface area contributed by atoms with Crippen LogP contribution in [0, 0.1) is 29.1 Å². The molecule has 0 radical (unpaired) electrons. The number of hydrogen-bond donors (Lipinski definition) is 4. The highest BCUT2D eigenvalue weighted by Crippen LogP contribution is 2.59. The summed E-state index contributed by atoms with van der Waals surface area (Å²) in [5.41, 5.74) is 4.33. The largest absolute Gasteiger partial charge is 0.496 e. The molecule has 4 aliphatic rings. The van der Waals surface area contributed by atoms with E-state index in [1.165, 1.54) is 6.42 Å². The maximum absolute atomic E-state index is 14.3. The maximum Gasteiger partial charge on any atom is 0.251 e. The summed E-state index contributed by atoms with van der Waals surface area (Å²) in [6, 6.07) is 11.6. The van der Waals surface area contributed by atoms with Crippen molar-refractivity contribution in [1.29, 1.82) is 0 Å². The zero-order chi connectivity index (χ0) is 37.5. The highest BCUT2D eigenvalue weighted by molar-refractivity contribution is 5.97. The molecule has 52 heavy (non-hydrogen) atoms. The Hall–Kier alpha value is -3.18. The Balaban J connectivity index is 1.25. The zero-order valence-corrected chi connectivity index (χ0v) is 32.7. The summed E-state index contributed by atoms with van der Waals surface area (Å²) in [5, 5.41) is 28.7. The summed E-state index contributed by atoms with van der Waals surface area (Å²) in [6.45, 7) is 14.1. The topological polar surface area (TPSA) is 118 Å². The van der Waals surface area contributed by atoms with Gasteiger partial charge in [-0.2, -0.15) is 0 Å². The monoisotopic (exact) mass is 717 g/mol. The average molecular weight is 718 g/mol. The molecule has 10 nitrogen and oxygen atoms in total. The first kappa shape index (κ1) is 38.5. The first-order chi connectivity index (χ1) is 24.7. The number of amides is 2. The van der Waals surface area contributed by atoms with Crippen molar-refractivity contribution in [3.63, 3.8) is 0 Å². The number of ether oxygens (including phenoxy) is 1. The lowest BCUT2D eigenvalue weighted by molar-refractivity contribution is -0.133. The number of β-amino-alcohol motifs (C(OH)–C–C–N with tert-alkyl or cyclic N) is 1. The molecule has 2 heterocycles. The Bertz CT molecular complexity index is 1590. The van der Waals surface area contributed by atoms with Crippen LogP contribution in [-0.2, 0) is 11.3 Å². The maximum atomic E-state index is 14.3. The number of likely N-dealkylation sites (tertiary alicyclic amines) is 2. The molecule has 2 saturated heterocycles. The lowest BCUT2D eigenvalue weighted by Gasteiger charge is -2.59. The molecular weight excluding hydrogens is 654 g/mol. The second-order valence-corrected chi connectivity index (χ2v) is 17.1. The van der Waals surface area contributed by atoms with E-state index >= 15 is 0 Å². The summed E-state index contributed by atoms with van der Waals surface area (Å²) >= 11 is 0. The van der Waals surface area contributed by atoms with Gasteiger partial charge in [-0.1, -0.05) is 45.9 Å². The number of carbonyl (C=O) groups excluding carboxylic acids is 2. The minimum Gasteiger partial charge on any atom is -0.496 e. The molecular formula is C42H63N5O5. The summed E-state index contributed by atoms with van der Waals surface area (Å²) < 4.78 is 6.10. The van der Waals surface area contributed by atoms with Gasteiger partial charge in [-0.15, -0.1) is 0 Å². The number of carbonyl (C=O) groups is 2. The second kappa shape index (κ2) is 15.7. The van der Waals surface area contributed by atoms with Crippen molar-refractivity contribution in [2.24, 2.45) is 29.1 Å². The predicted molar refractivity (Wildman–Crippen MR) is 206 cm³/mol. The molecule has 2 aliphatic heterocycles. The Morgan fingerprint density at radius 3 is 2.56 bits per heavy atom. The summed E-state index contributed by atoms with van der Waals surface area (Å²) in [4.78, 5) is 34.3. The fourth-order valence-corrected chi connectivity index (χ4v) is 10.6. The second-order valence-electron chi connectivity index (χ2n) is 17.1. The van der Waals surface area contributed by atoms with Gasteiger partial charge in [0.15, 0.2) is 0 Å². The van der Waals surface area contributed by atoms with Crippen molar-refractivity contribution < 1.29 is 24.5 Å². The number of nitrogens with zero attached hydrogens (tertiary/aromatic N) is 3. The normalized spacial score (nSPS) is 30.7. The molecule has 2 amide bonds. The number of nitrogens with one attached hydrogen (secondary N) is 2. The Labute approximate surface area is 311 Å². The van der Waals surface area contributed by atoms with Crippen LogP contribution in [0.4, 0.5) is 5.69 Å². The van der Waals surface area contributed by atoms with Gasteiger partial charge >= 0.3 is 0 Å². The van der Waals surface area contributed by atoms with Crippen LogP contribution >= 0.6 is 0 Å². The predicted octanol–water partition coefficient (Wildman–Crippen LogP) is 4.76. The van der Waals surface area contributed by atoms with E-state index in [1.807, 2.05) is 54.2 Å². The minimum atomic E-state index is -0.861. The van der Waals surface area contributed by atoms with Crippen molar-refractivity contribution in [3.05, 3.63) is 47.5 Å². The van der Waals surface area contributed by atoms with Crippen LogP contribution in [0.5, 0.6) is 5.75 Å². The van der Waals surface area contributed by atoms with Crippen LogP contribution in [-0.4, -0.2) is 110 Å². The van der Waals surface area contributed by atoms with E-state index in [-0.39, 0.29) is 29.8 Å². The lowest BCUT2D eigenvalue weighted by atomic mass is 9.47. The number of para-hydroxylation sites is 1. The van der Waals surface area contributed by atoms with E-state index in [0.29, 0.717) is 42.3 Å². The van der Waals surface area contributed by atoms with Gasteiger partial charge in [0.2, 0.25) is 5.91 Å². The third-order valence-corrected chi connectivity index (χ3v) is 13.1. The molecule has 4 N–H and O–H groups in total. The average Bonchev–Trinajstić information content (AvgIpc) is 3.70. The first-order valence-electron chi connectivity index (χ1n) is 19.7. The van der Waals surface area contributed by atoms with Crippen LogP contribution in [0.1, 0.15) is 82.6 Å². The molecule has 0 bridgehead atoms. The molecule has 4 fully saturated rings. The number of hydrogen-bond acceptors (Lipinski definition) is 8. The minimum absolute atomic E-state index is 0.0690. The van der Waals surface area contributed by atoms with Gasteiger partial charge < -0.3 is 30.5 Å². The molecule has 2 aromatic rings. The molecule has 2 saturated carbocycles. The number of methoxy groups -OCH3 is 1. The zero-order valence-electron chi connectivity index (χ0n) is 32.7. The van der Waals surface area contributed by atoms with Crippen molar-refractivity contribution in [1.82, 2.24) is 20.4 Å². The summed E-state index contributed by atoms with van der Waals surface area (Å²) in [7, 11) is 5.58. The van der Waals surface area contributed by atoms with Crippen LogP contribution in [0.3, 0.4) is 0 Å². The number of likely N-dealkylation sites (N-methyl/N-ethyl adjacent to an activating group) is 1. The summed E-state index contributed by atoms with van der Waals surface area (Å²) in [5.74, 6) is 1.50. The van der Waals surface area contributed by atoms with Gasteiger partial charge in [-0.25, -0.2) is 0 Å². The van der Waals surface area contributed by atoms with Gasteiger partial charge in [0.1, 0.15) is 5.75 Å². The molecule has 2 aliphatic carbocycles. The highest BCUT2D eigenvalue weighted by atomic mass is 16.5. The fourth-order valence-electron chi connectivity index (χ4n) is 10.6. The van der Waals surface area contributed by atoms with Crippen LogP contribution in [0.2, 0.25) is 0 Å². The van der Waals surface area contributed by atoms with Crippen molar-refractivity contribution in [3.8, 4) is 16.9 Å². The number of fused-ring (bicyclic) bond motifs is 1. The first-order valence-corrected chi connectivity index (χ1v) is 19.7. The molecule has 0 aromatic heterocycles. The SMILES string of the molecule is CCN1CCCC1CNC(=O)c1cc(-c2cccc(CN3C[C@H](O)[C@@H]([C@H](C)O)C3C(=O)NC3CCC4CC(C)(C)[C@@H]4[C@@H]3C)c2OC)cc(N(C)C)c1. The van der Waals surface area contributed by atoms with Gasteiger partial charge in [0.25, 0.3) is 5.91 Å². The quantitative estimate of drug-likeness (QED) is 0.249. The van der Waals surface area contributed by atoms with Crippen molar-refractivity contribution >= 4 is 17.5 Å². The van der Waals surface area contributed by atoms with Crippen LogP contribution < -0.4 is 20.3 Å². The Morgan fingerprint density at radius 2 is 1.88 bits per heavy atom. The van der Waals surface area contributed by atoms with Gasteiger partial charge in [0.05, 0.1) is 25.4 Å². The van der Waals surface area contributed by atoms with Crippen molar-refractivity contribution in [2.75, 3.05) is 52.3 Å². The molecule has 2 aromatic carbocycles. The number of rotatable bonds is 12. The smallest absolute Gasteiger partial charge is 0.251 e. The highest BCUT2D eigenvalue weighted by Gasteiger charge is 2.54. The Kier molecular flexibility index (Phi) is 11.6. The Morgan fingerprint density at radius 1 is 1.12 bits per heavy atom. The third-order valence-electron chi connectivity index (χ3n) is 13.1. The van der Waals surface area contributed by atoms with Gasteiger partial charge in [0, 0.05) is 74.1 Å². The number of aliphatic hydroxyl groups excluding tert-OH is 2. The molecule has 286 valence electrons. The molecule has 6 rings (SSSR count). The van der Waals surface area contributed by atoms with E-state index in [2.05, 4.69) is 49.3 Å². The number of benzene rings is 2. The summed E-state index contributed by atoms with van der Waals surface area (Å²) in [6.07, 6.45) is 3.87. The molecule has 10 heteroatoms. The fraction of sp³-hybridized carbons (Fsp3) is 0.667. The molecule has 4 unspecified atom stereocenters. The van der Waals surface area contributed by atoms with Gasteiger partial charge in [-0.05, 0) is 99.0 Å². The van der Waals surface area contributed by atoms with E-state index in [1.54, 1.807) is 14.0 Å². The standard InChI is InChI=1S/C42H63N5O5/c1-9-46-17-11-13-31(46)22-43-40(50)30-18-29(19-32(20-30)45(6)7)33-14-10-12-28(39(33)52-8)23-47-24-35(49)36(26(3)48)38(47)41(51)44-34-16-15-27-21-42(4,5)37(27)25(34)2/h10,12,14,18-20,25-27,31,34-38,48-49H,9,11,13,15-17,21-24H2,1-8H3,(H,43,50)(H,44,51)/t25-,26+,27?,31?,34?,35+,36-,37-,38?/m1/s1. The lowest BCUT2D eigenvalue weighted by Crippen LogP contribution is -2.59. The molecule has 9 atom stereocenters. The molecule has 0 spiro atoms.